The molecule has 5 heteroatoms. The molecular weight excluding hydrogens is 309 g/mol. The van der Waals surface area contributed by atoms with Gasteiger partial charge in [0.25, 0.3) is 0 Å². The van der Waals surface area contributed by atoms with Crippen LogP contribution in [0.5, 0.6) is 5.75 Å². The van der Waals surface area contributed by atoms with Gasteiger partial charge in [-0.1, -0.05) is 30.3 Å². The van der Waals surface area contributed by atoms with Crippen LogP contribution >= 0.6 is 0 Å². The maximum absolute atomic E-state index is 14.6. The number of hydrogen-bond donors (Lipinski definition) is 1. The van der Waals surface area contributed by atoms with Crippen molar-refractivity contribution in [3.63, 3.8) is 0 Å². The minimum Gasteiger partial charge on any atom is -0.485 e. The Morgan fingerprint density at radius 3 is 2.38 bits per heavy atom. The summed E-state index contributed by atoms with van der Waals surface area (Å²) in [6.45, 7) is 5.44. The summed E-state index contributed by atoms with van der Waals surface area (Å²) in [4.78, 5) is 12.3. The van der Waals surface area contributed by atoms with E-state index in [0.717, 1.165) is 5.56 Å². The second kappa shape index (κ2) is 7.45. The van der Waals surface area contributed by atoms with E-state index in [1.54, 1.807) is 0 Å². The minimum atomic E-state index is -0.624. The van der Waals surface area contributed by atoms with Crippen molar-refractivity contribution in [3.05, 3.63) is 65.0 Å². The molecule has 0 amide bonds. The maximum Gasteiger partial charge on any atom is 0.338 e. The number of nitrogens with two attached hydrogens (primary N) is 1. The van der Waals surface area contributed by atoms with Gasteiger partial charge < -0.3 is 15.2 Å². The molecule has 2 aromatic carbocycles. The lowest BCUT2D eigenvalue weighted by Gasteiger charge is -2.22. The van der Waals surface area contributed by atoms with Crippen LogP contribution in [0.2, 0.25) is 0 Å². The van der Waals surface area contributed by atoms with E-state index in [9.17, 15) is 9.18 Å². The molecule has 128 valence electrons. The van der Waals surface area contributed by atoms with Crippen LogP contribution in [0.3, 0.4) is 0 Å². The first-order valence-corrected chi connectivity index (χ1v) is 7.73. The van der Waals surface area contributed by atoms with Gasteiger partial charge in [0.1, 0.15) is 12.2 Å². The summed E-state index contributed by atoms with van der Waals surface area (Å²) in [7, 11) is 0. The monoisotopic (exact) mass is 331 g/mol. The number of rotatable bonds is 5. The fourth-order valence-corrected chi connectivity index (χ4v) is 2.20. The Hall–Kier alpha value is -2.40. The van der Waals surface area contributed by atoms with Crippen LogP contribution < -0.4 is 10.5 Å². The van der Waals surface area contributed by atoms with E-state index in [1.165, 1.54) is 12.1 Å². The van der Waals surface area contributed by atoms with E-state index >= 15 is 0 Å². The largest absolute Gasteiger partial charge is 0.485 e. The molecule has 0 bridgehead atoms. The average molecular weight is 331 g/mol. The Balaban J connectivity index is 2.20. The summed E-state index contributed by atoms with van der Waals surface area (Å²) in [6.07, 6.45) is 0. The molecule has 0 aromatic heterocycles. The highest BCUT2D eigenvalue weighted by Crippen LogP contribution is 2.27. The second-order valence-electron chi connectivity index (χ2n) is 6.38. The van der Waals surface area contributed by atoms with Gasteiger partial charge in [-0.25, -0.2) is 9.18 Å². The number of halogens is 1. The van der Waals surface area contributed by atoms with Gasteiger partial charge in [0.2, 0.25) is 0 Å². The van der Waals surface area contributed by atoms with Gasteiger partial charge in [0.15, 0.2) is 11.6 Å². The first kappa shape index (κ1) is 17.9. The normalized spacial score (nSPS) is 11.2. The van der Waals surface area contributed by atoms with E-state index in [4.69, 9.17) is 15.2 Å². The highest BCUT2D eigenvalue weighted by atomic mass is 19.1. The molecule has 0 saturated carbocycles. The highest BCUT2D eigenvalue weighted by Gasteiger charge is 2.22. The summed E-state index contributed by atoms with van der Waals surface area (Å²) in [5.74, 6) is -1.16. The molecule has 0 radical (unpaired) electrons. The summed E-state index contributed by atoms with van der Waals surface area (Å²) in [5.41, 5.74) is 6.14. The Bertz CT molecular complexity index is 709. The van der Waals surface area contributed by atoms with E-state index in [0.29, 0.717) is 0 Å². The predicted octanol–water partition coefficient (Wildman–Crippen LogP) is 3.82. The lowest BCUT2D eigenvalue weighted by Crippen LogP contribution is -2.24. The van der Waals surface area contributed by atoms with Crippen molar-refractivity contribution in [2.45, 2.75) is 39.5 Å². The molecule has 0 heterocycles. The second-order valence-corrected chi connectivity index (χ2v) is 6.38. The Morgan fingerprint density at radius 2 is 1.79 bits per heavy atom. The number of carbonyl (C=O) groups excluding carboxylic acids is 1. The lowest BCUT2D eigenvalue weighted by molar-refractivity contribution is 0.0470. The molecule has 0 aliphatic heterocycles. The van der Waals surface area contributed by atoms with Crippen molar-refractivity contribution in [2.75, 3.05) is 0 Å². The average Bonchev–Trinajstić information content (AvgIpc) is 2.54. The van der Waals surface area contributed by atoms with E-state index in [-0.39, 0.29) is 30.0 Å². The van der Waals surface area contributed by atoms with Crippen molar-refractivity contribution in [3.8, 4) is 5.75 Å². The van der Waals surface area contributed by atoms with Crippen molar-refractivity contribution >= 4 is 5.97 Å². The number of carbonyl (C=O) groups is 1. The molecule has 2 N–H and O–H groups in total. The molecule has 4 nitrogen and oxygen atoms in total. The molecule has 0 spiro atoms. The summed E-state index contributed by atoms with van der Waals surface area (Å²) in [5, 5.41) is 0. The van der Waals surface area contributed by atoms with Crippen molar-refractivity contribution in [1.82, 2.24) is 0 Å². The first-order chi connectivity index (χ1) is 11.3. The quantitative estimate of drug-likeness (QED) is 0.846. The van der Waals surface area contributed by atoms with Gasteiger partial charge in [0.05, 0.1) is 5.56 Å². The van der Waals surface area contributed by atoms with Crippen LogP contribution in [0.25, 0.3) is 0 Å². The number of hydrogen-bond acceptors (Lipinski definition) is 4. The smallest absolute Gasteiger partial charge is 0.338 e. The van der Waals surface area contributed by atoms with Crippen LogP contribution in [-0.4, -0.2) is 11.6 Å². The SMILES string of the molecule is CC(C)(C)Oc1ccc(C(=O)OCc2ccccc2)c(CN)c1F. The van der Waals surface area contributed by atoms with Gasteiger partial charge in [-0.15, -0.1) is 0 Å². The lowest BCUT2D eigenvalue weighted by atomic mass is 10.1. The van der Waals surface area contributed by atoms with Crippen LogP contribution in [0.1, 0.15) is 42.3 Å². The van der Waals surface area contributed by atoms with Gasteiger partial charge >= 0.3 is 5.97 Å². The Morgan fingerprint density at radius 1 is 1.12 bits per heavy atom. The highest BCUT2D eigenvalue weighted by molar-refractivity contribution is 5.91. The fourth-order valence-electron chi connectivity index (χ4n) is 2.20. The van der Waals surface area contributed by atoms with Crippen LogP contribution in [-0.2, 0) is 17.9 Å². The topological polar surface area (TPSA) is 61.5 Å². The first-order valence-electron chi connectivity index (χ1n) is 7.73. The summed E-state index contributed by atoms with van der Waals surface area (Å²) in [6, 6.07) is 12.2. The van der Waals surface area contributed by atoms with Crippen LogP contribution in [0, 0.1) is 5.82 Å². The zero-order valence-corrected chi connectivity index (χ0v) is 14.1. The molecule has 0 atom stereocenters. The maximum atomic E-state index is 14.6. The third kappa shape index (κ3) is 4.55. The van der Waals surface area contributed by atoms with Gasteiger partial charge in [-0.05, 0) is 38.5 Å². The predicted molar refractivity (Wildman–Crippen MR) is 90.2 cm³/mol. The zero-order chi connectivity index (χ0) is 17.7. The van der Waals surface area contributed by atoms with E-state index < -0.39 is 17.4 Å². The van der Waals surface area contributed by atoms with Gasteiger partial charge in [-0.2, -0.15) is 0 Å². The molecule has 24 heavy (non-hydrogen) atoms. The summed E-state index contributed by atoms with van der Waals surface area (Å²) < 4.78 is 25.4. The molecule has 0 saturated heterocycles. The third-order valence-electron chi connectivity index (χ3n) is 3.26. The number of ether oxygens (including phenoxy) is 2. The zero-order valence-electron chi connectivity index (χ0n) is 14.1. The minimum absolute atomic E-state index is 0.0718. The number of benzene rings is 2. The standard InChI is InChI=1S/C19H22FNO3/c1-19(2,3)24-16-10-9-14(15(11-21)17(16)20)18(22)23-12-13-7-5-4-6-8-13/h4-10H,11-12,21H2,1-3H3. The van der Waals surface area contributed by atoms with Crippen molar-refractivity contribution < 1.29 is 18.7 Å². The molecule has 0 aliphatic carbocycles. The van der Waals surface area contributed by atoms with Crippen LogP contribution in [0.15, 0.2) is 42.5 Å². The molecular formula is C19H22FNO3. The van der Waals surface area contributed by atoms with Crippen molar-refractivity contribution in [1.29, 1.82) is 0 Å². The van der Waals surface area contributed by atoms with Gasteiger partial charge in [-0.3, -0.25) is 0 Å². The molecule has 2 aromatic rings. The van der Waals surface area contributed by atoms with Crippen LogP contribution in [0.4, 0.5) is 4.39 Å². The van der Waals surface area contributed by atoms with Gasteiger partial charge in [0, 0.05) is 12.1 Å². The molecule has 0 fully saturated rings. The Kier molecular flexibility index (Phi) is 5.57. The van der Waals surface area contributed by atoms with E-state index in [2.05, 4.69) is 0 Å². The summed E-state index contributed by atoms with van der Waals surface area (Å²) >= 11 is 0. The molecule has 0 unspecified atom stereocenters. The third-order valence-corrected chi connectivity index (χ3v) is 3.26. The molecule has 0 aliphatic rings. The van der Waals surface area contributed by atoms with Crippen molar-refractivity contribution in [2.24, 2.45) is 5.73 Å². The van der Waals surface area contributed by atoms with E-state index in [1.807, 2.05) is 51.1 Å². The fraction of sp³-hybridized carbons (Fsp3) is 0.316. The number of esters is 1. The Labute approximate surface area is 141 Å². The molecule has 2 rings (SSSR count).